The van der Waals surface area contributed by atoms with Gasteiger partial charge in [0.15, 0.2) is 0 Å². The molecule has 4 heteroatoms. The monoisotopic (exact) mass is 255 g/mol. The van der Waals surface area contributed by atoms with E-state index in [2.05, 4.69) is 6.92 Å². The van der Waals surface area contributed by atoms with Crippen LogP contribution in [0, 0.1) is 5.92 Å². The maximum atomic E-state index is 12.6. The minimum absolute atomic E-state index is 0.0159. The fraction of sp³-hybridized carbons (Fsp3) is 0.929. The van der Waals surface area contributed by atoms with E-state index in [1.807, 2.05) is 4.90 Å². The molecule has 1 aliphatic heterocycles. The van der Waals surface area contributed by atoms with Gasteiger partial charge in [-0.2, -0.15) is 0 Å². The minimum Gasteiger partial charge on any atom is -0.395 e. The van der Waals surface area contributed by atoms with Crippen LogP contribution in [0.25, 0.3) is 0 Å². The molecule has 1 aliphatic carbocycles. The maximum Gasteiger partial charge on any atom is 0.228 e. The van der Waals surface area contributed by atoms with Crippen LogP contribution in [0.5, 0.6) is 0 Å². The lowest BCUT2D eigenvalue weighted by Crippen LogP contribution is -2.45. The van der Waals surface area contributed by atoms with Gasteiger partial charge in [0.1, 0.15) is 0 Å². The smallest absolute Gasteiger partial charge is 0.228 e. The number of amides is 1. The molecule has 1 saturated carbocycles. The molecule has 0 spiro atoms. The highest BCUT2D eigenvalue weighted by Crippen LogP contribution is 2.29. The van der Waals surface area contributed by atoms with Gasteiger partial charge in [0.25, 0.3) is 0 Å². The Morgan fingerprint density at radius 3 is 2.67 bits per heavy atom. The molecule has 18 heavy (non-hydrogen) atoms. The Labute approximate surface area is 109 Å². The van der Waals surface area contributed by atoms with E-state index < -0.39 is 0 Å². The Hall–Kier alpha value is -0.610. The zero-order valence-electron chi connectivity index (χ0n) is 11.3. The molecule has 0 aromatic carbocycles. The Morgan fingerprint density at radius 2 is 2.06 bits per heavy atom. The molecule has 1 saturated heterocycles. The predicted octanol–water partition coefficient (Wildman–Crippen LogP) is 1.56. The van der Waals surface area contributed by atoms with Crippen LogP contribution < -0.4 is 0 Å². The summed E-state index contributed by atoms with van der Waals surface area (Å²) in [5, 5.41) is 9.19. The third kappa shape index (κ3) is 2.86. The third-order valence-corrected chi connectivity index (χ3v) is 4.32. The van der Waals surface area contributed by atoms with Crippen molar-refractivity contribution in [2.24, 2.45) is 5.92 Å². The van der Waals surface area contributed by atoms with Crippen LogP contribution in [-0.2, 0) is 9.53 Å². The number of rotatable bonds is 5. The van der Waals surface area contributed by atoms with Gasteiger partial charge in [-0.1, -0.05) is 19.8 Å². The number of aliphatic hydroxyl groups excluding tert-OH is 1. The zero-order chi connectivity index (χ0) is 13.0. The predicted molar refractivity (Wildman–Crippen MR) is 69.2 cm³/mol. The van der Waals surface area contributed by atoms with Crippen molar-refractivity contribution in [1.29, 1.82) is 0 Å². The van der Waals surface area contributed by atoms with E-state index in [1.165, 1.54) is 12.8 Å². The first-order chi connectivity index (χ1) is 8.77. The average Bonchev–Trinajstić information content (AvgIpc) is 3.05. The second kappa shape index (κ2) is 6.53. The first-order valence-electron chi connectivity index (χ1n) is 7.30. The number of carbonyl (C=O) groups is 1. The van der Waals surface area contributed by atoms with Gasteiger partial charge in [0, 0.05) is 19.2 Å². The van der Waals surface area contributed by atoms with Crippen molar-refractivity contribution < 1.29 is 14.6 Å². The summed E-state index contributed by atoms with van der Waals surface area (Å²) >= 11 is 0. The second-order valence-electron chi connectivity index (χ2n) is 5.41. The fourth-order valence-electron chi connectivity index (χ4n) is 3.34. The molecular weight excluding hydrogens is 230 g/mol. The van der Waals surface area contributed by atoms with Crippen LogP contribution in [0.2, 0.25) is 0 Å². The zero-order valence-corrected chi connectivity index (χ0v) is 11.3. The summed E-state index contributed by atoms with van der Waals surface area (Å²) in [6.45, 7) is 3.32. The first-order valence-corrected chi connectivity index (χ1v) is 7.30. The second-order valence-corrected chi connectivity index (χ2v) is 5.41. The molecule has 0 bridgehead atoms. The Morgan fingerprint density at radius 1 is 1.33 bits per heavy atom. The van der Waals surface area contributed by atoms with E-state index in [9.17, 15) is 9.90 Å². The summed E-state index contributed by atoms with van der Waals surface area (Å²) < 4.78 is 5.62. The molecule has 104 valence electrons. The molecule has 2 atom stereocenters. The summed E-state index contributed by atoms with van der Waals surface area (Å²) in [7, 11) is 0. The summed E-state index contributed by atoms with van der Waals surface area (Å²) in [4.78, 5) is 14.6. The maximum absolute atomic E-state index is 12.6. The van der Waals surface area contributed by atoms with Crippen molar-refractivity contribution in [2.75, 3.05) is 19.8 Å². The average molecular weight is 255 g/mol. The number of carbonyl (C=O) groups excluding carboxylic acids is 1. The molecule has 2 aliphatic rings. The van der Waals surface area contributed by atoms with Gasteiger partial charge < -0.3 is 14.7 Å². The van der Waals surface area contributed by atoms with Gasteiger partial charge in [-0.25, -0.2) is 0 Å². The largest absolute Gasteiger partial charge is 0.395 e. The molecule has 0 aromatic rings. The molecule has 2 rings (SSSR count). The van der Waals surface area contributed by atoms with Crippen molar-refractivity contribution >= 4 is 5.91 Å². The number of hydrogen-bond acceptors (Lipinski definition) is 3. The van der Waals surface area contributed by atoms with Crippen LogP contribution in [0.3, 0.4) is 0 Å². The standard InChI is InChI=1S/C14H25NO3/c1-2-13-12(7-10-18-13)14(17)15(8-9-16)11-5-3-4-6-11/h11-13,16H,2-10H2,1H3. The highest BCUT2D eigenvalue weighted by atomic mass is 16.5. The van der Waals surface area contributed by atoms with Crippen molar-refractivity contribution in [2.45, 2.75) is 57.6 Å². The van der Waals surface area contributed by atoms with Crippen LogP contribution in [0.1, 0.15) is 45.4 Å². The molecule has 0 radical (unpaired) electrons. The first kappa shape index (κ1) is 13.8. The van der Waals surface area contributed by atoms with E-state index in [4.69, 9.17) is 4.74 Å². The SMILES string of the molecule is CCC1OCCC1C(=O)N(CCO)C1CCCC1. The van der Waals surface area contributed by atoms with Gasteiger partial charge in [0.05, 0.1) is 18.6 Å². The van der Waals surface area contributed by atoms with E-state index in [-0.39, 0.29) is 24.5 Å². The molecular formula is C14H25NO3. The topological polar surface area (TPSA) is 49.8 Å². The van der Waals surface area contributed by atoms with Gasteiger partial charge >= 0.3 is 0 Å². The van der Waals surface area contributed by atoms with Crippen molar-refractivity contribution in [3.8, 4) is 0 Å². The van der Waals surface area contributed by atoms with E-state index in [1.54, 1.807) is 0 Å². The lowest BCUT2D eigenvalue weighted by molar-refractivity contribution is -0.140. The van der Waals surface area contributed by atoms with Gasteiger partial charge in [-0.15, -0.1) is 0 Å². The molecule has 0 aromatic heterocycles. The van der Waals surface area contributed by atoms with Crippen LogP contribution >= 0.6 is 0 Å². The van der Waals surface area contributed by atoms with Crippen LogP contribution in [0.4, 0.5) is 0 Å². The van der Waals surface area contributed by atoms with E-state index in [0.29, 0.717) is 19.2 Å². The highest BCUT2D eigenvalue weighted by Gasteiger charge is 2.37. The Balaban J connectivity index is 2.02. The number of hydrogen-bond donors (Lipinski definition) is 1. The summed E-state index contributed by atoms with van der Waals surface area (Å²) in [6, 6.07) is 0.350. The van der Waals surface area contributed by atoms with Crippen LogP contribution in [-0.4, -0.2) is 47.8 Å². The quantitative estimate of drug-likeness (QED) is 0.811. The molecule has 1 amide bonds. The van der Waals surface area contributed by atoms with Crippen LogP contribution in [0.15, 0.2) is 0 Å². The summed E-state index contributed by atoms with van der Waals surface area (Å²) in [5.74, 6) is 0.224. The number of ether oxygens (including phenoxy) is 1. The van der Waals surface area contributed by atoms with E-state index >= 15 is 0 Å². The van der Waals surface area contributed by atoms with Crippen molar-refractivity contribution in [1.82, 2.24) is 4.90 Å². The summed E-state index contributed by atoms with van der Waals surface area (Å²) in [6.07, 6.45) is 6.42. The van der Waals surface area contributed by atoms with Crippen molar-refractivity contribution in [3.63, 3.8) is 0 Å². The van der Waals surface area contributed by atoms with Gasteiger partial charge in [-0.3, -0.25) is 4.79 Å². The molecule has 2 unspecified atom stereocenters. The lowest BCUT2D eigenvalue weighted by atomic mass is 9.97. The Bertz CT molecular complexity index is 276. The van der Waals surface area contributed by atoms with Crippen molar-refractivity contribution in [3.05, 3.63) is 0 Å². The minimum atomic E-state index is 0.0159. The normalized spacial score (nSPS) is 28.8. The molecule has 1 heterocycles. The Kier molecular flexibility index (Phi) is 5.01. The lowest BCUT2D eigenvalue weighted by Gasteiger charge is -2.32. The molecule has 2 fully saturated rings. The third-order valence-electron chi connectivity index (χ3n) is 4.32. The van der Waals surface area contributed by atoms with Gasteiger partial charge in [-0.05, 0) is 25.7 Å². The highest BCUT2D eigenvalue weighted by molar-refractivity contribution is 5.80. The fourth-order valence-corrected chi connectivity index (χ4v) is 3.34. The molecule has 1 N–H and O–H groups in total. The summed E-state index contributed by atoms with van der Waals surface area (Å²) in [5.41, 5.74) is 0. The van der Waals surface area contributed by atoms with Gasteiger partial charge in [0.2, 0.25) is 5.91 Å². The number of nitrogens with zero attached hydrogens (tertiary/aromatic N) is 1. The number of aliphatic hydroxyl groups is 1. The molecule has 4 nitrogen and oxygen atoms in total. The van der Waals surface area contributed by atoms with E-state index in [0.717, 1.165) is 25.7 Å².